The fourth-order valence-corrected chi connectivity index (χ4v) is 3.62. The number of aliphatic hydroxyl groups is 1. The Hall–Kier alpha value is -1.39. The Morgan fingerprint density at radius 3 is 2.81 bits per heavy atom. The predicted octanol–water partition coefficient (Wildman–Crippen LogP) is 1.59. The van der Waals surface area contributed by atoms with Crippen molar-refractivity contribution in [2.24, 2.45) is 0 Å². The average molecular weight is 288 g/mol. The average Bonchev–Trinajstić information content (AvgIpc) is 2.70. The molecule has 114 valence electrons. The molecule has 2 atom stereocenters. The molecule has 1 N–H and O–H groups in total. The molecule has 0 spiro atoms. The predicted molar refractivity (Wildman–Crippen MR) is 82.0 cm³/mol. The third-order valence-corrected chi connectivity index (χ3v) is 4.82. The molecule has 1 amide bonds. The lowest BCUT2D eigenvalue weighted by Gasteiger charge is -2.30. The molecule has 2 aliphatic rings. The molecule has 21 heavy (non-hydrogen) atoms. The zero-order valence-electron chi connectivity index (χ0n) is 12.7. The topological polar surface area (TPSA) is 43.8 Å². The Morgan fingerprint density at radius 1 is 1.24 bits per heavy atom. The van der Waals surface area contributed by atoms with Gasteiger partial charge in [-0.05, 0) is 24.0 Å². The highest BCUT2D eigenvalue weighted by molar-refractivity contribution is 5.75. The summed E-state index contributed by atoms with van der Waals surface area (Å²) in [6.07, 6.45) is 2.09. The molecule has 0 bridgehead atoms. The van der Waals surface area contributed by atoms with Crippen LogP contribution in [0.1, 0.15) is 37.0 Å². The summed E-state index contributed by atoms with van der Waals surface area (Å²) in [6.45, 7) is 5.37. The molecule has 1 aliphatic carbocycles. The first-order valence-electron chi connectivity index (χ1n) is 7.98. The van der Waals surface area contributed by atoms with Gasteiger partial charge in [-0.2, -0.15) is 0 Å². The molecule has 1 heterocycles. The largest absolute Gasteiger partial charge is 0.387 e. The van der Waals surface area contributed by atoms with E-state index in [-0.39, 0.29) is 11.9 Å². The second kappa shape index (κ2) is 6.16. The van der Waals surface area contributed by atoms with E-state index in [0.717, 1.165) is 44.6 Å². The molecule has 0 saturated carbocycles. The fourth-order valence-electron chi connectivity index (χ4n) is 3.62. The number of carbonyl (C=O) groups excluding carboxylic acids is 1. The normalized spacial score (nSPS) is 26.5. The highest BCUT2D eigenvalue weighted by Crippen LogP contribution is 2.34. The van der Waals surface area contributed by atoms with Gasteiger partial charge in [0.25, 0.3) is 0 Å². The smallest absolute Gasteiger partial charge is 0.222 e. The van der Waals surface area contributed by atoms with Crippen molar-refractivity contribution < 1.29 is 9.90 Å². The van der Waals surface area contributed by atoms with Gasteiger partial charge in [-0.1, -0.05) is 31.2 Å². The summed E-state index contributed by atoms with van der Waals surface area (Å²) in [7, 11) is 0. The van der Waals surface area contributed by atoms with Crippen LogP contribution in [0.5, 0.6) is 0 Å². The van der Waals surface area contributed by atoms with E-state index in [0.29, 0.717) is 6.42 Å². The second-order valence-corrected chi connectivity index (χ2v) is 6.04. The summed E-state index contributed by atoms with van der Waals surface area (Å²) in [5.41, 5.74) is 2.34. The number of rotatable bonds is 2. The number of nitrogens with zero attached hydrogens (tertiary/aromatic N) is 2. The maximum Gasteiger partial charge on any atom is 0.222 e. The van der Waals surface area contributed by atoms with Crippen LogP contribution in [-0.4, -0.2) is 53.0 Å². The first-order valence-corrected chi connectivity index (χ1v) is 7.98. The summed E-state index contributed by atoms with van der Waals surface area (Å²) < 4.78 is 0. The van der Waals surface area contributed by atoms with Gasteiger partial charge < -0.3 is 10.0 Å². The van der Waals surface area contributed by atoms with Gasteiger partial charge in [-0.15, -0.1) is 0 Å². The van der Waals surface area contributed by atoms with E-state index in [1.807, 2.05) is 30.0 Å². The first-order chi connectivity index (χ1) is 10.2. The zero-order valence-corrected chi connectivity index (χ0v) is 12.7. The minimum atomic E-state index is -0.394. The van der Waals surface area contributed by atoms with Crippen molar-refractivity contribution in [3.8, 4) is 0 Å². The van der Waals surface area contributed by atoms with E-state index in [4.69, 9.17) is 0 Å². The molecule has 1 aromatic carbocycles. The standard InChI is InChI=1S/C17H24N2O2/c1-2-16(20)19-9-5-8-18(10-11-19)15-12-13-6-3-4-7-14(13)17(15)21/h3-4,6-7,15,17,21H,2,5,8-12H2,1H3. The highest BCUT2D eigenvalue weighted by Gasteiger charge is 2.35. The van der Waals surface area contributed by atoms with Crippen molar-refractivity contribution in [2.45, 2.75) is 38.3 Å². The molecule has 1 saturated heterocycles. The Labute approximate surface area is 126 Å². The van der Waals surface area contributed by atoms with Gasteiger partial charge in [0.05, 0.1) is 6.10 Å². The minimum absolute atomic E-state index is 0.166. The number of carbonyl (C=O) groups is 1. The van der Waals surface area contributed by atoms with Crippen LogP contribution in [0.4, 0.5) is 0 Å². The van der Waals surface area contributed by atoms with Crippen molar-refractivity contribution in [3.05, 3.63) is 35.4 Å². The summed E-state index contributed by atoms with van der Waals surface area (Å²) in [5, 5.41) is 10.6. The number of hydrogen-bond acceptors (Lipinski definition) is 3. The molecule has 1 fully saturated rings. The number of benzene rings is 1. The molecule has 3 rings (SSSR count). The molecule has 1 aliphatic heterocycles. The van der Waals surface area contributed by atoms with Crippen LogP contribution in [0, 0.1) is 0 Å². The summed E-state index contributed by atoms with van der Waals surface area (Å²) in [5.74, 6) is 0.243. The minimum Gasteiger partial charge on any atom is -0.387 e. The maximum absolute atomic E-state index is 11.8. The van der Waals surface area contributed by atoms with Crippen LogP contribution >= 0.6 is 0 Å². The van der Waals surface area contributed by atoms with Crippen molar-refractivity contribution in [1.29, 1.82) is 0 Å². The molecule has 0 aromatic heterocycles. The Balaban J connectivity index is 1.68. The number of fused-ring (bicyclic) bond motifs is 1. The maximum atomic E-state index is 11.8. The second-order valence-electron chi connectivity index (χ2n) is 6.04. The molecule has 4 nitrogen and oxygen atoms in total. The Bertz CT molecular complexity index is 517. The van der Waals surface area contributed by atoms with Crippen molar-refractivity contribution in [2.75, 3.05) is 26.2 Å². The van der Waals surface area contributed by atoms with Crippen LogP contribution < -0.4 is 0 Å². The Kier molecular flexibility index (Phi) is 4.27. The van der Waals surface area contributed by atoms with E-state index < -0.39 is 6.10 Å². The highest BCUT2D eigenvalue weighted by atomic mass is 16.3. The van der Waals surface area contributed by atoms with Gasteiger partial charge in [0.15, 0.2) is 0 Å². The van der Waals surface area contributed by atoms with Crippen LogP contribution in [0.25, 0.3) is 0 Å². The zero-order chi connectivity index (χ0) is 14.8. The van der Waals surface area contributed by atoms with E-state index >= 15 is 0 Å². The van der Waals surface area contributed by atoms with E-state index in [1.54, 1.807) is 0 Å². The third-order valence-electron chi connectivity index (χ3n) is 4.82. The molecule has 2 unspecified atom stereocenters. The fraction of sp³-hybridized carbons (Fsp3) is 0.588. The van der Waals surface area contributed by atoms with Crippen LogP contribution in [0.15, 0.2) is 24.3 Å². The van der Waals surface area contributed by atoms with Gasteiger partial charge in [-0.25, -0.2) is 0 Å². The first kappa shape index (κ1) is 14.5. The summed E-state index contributed by atoms with van der Waals surface area (Å²) in [4.78, 5) is 16.2. The van der Waals surface area contributed by atoms with Gasteiger partial charge in [0.2, 0.25) is 5.91 Å². The quantitative estimate of drug-likeness (QED) is 0.899. The van der Waals surface area contributed by atoms with Crippen molar-refractivity contribution >= 4 is 5.91 Å². The molecule has 0 radical (unpaired) electrons. The number of hydrogen-bond donors (Lipinski definition) is 1. The summed E-state index contributed by atoms with van der Waals surface area (Å²) in [6, 6.07) is 8.35. The van der Waals surface area contributed by atoms with Gasteiger partial charge in [0, 0.05) is 38.6 Å². The van der Waals surface area contributed by atoms with Crippen molar-refractivity contribution in [1.82, 2.24) is 9.80 Å². The monoisotopic (exact) mass is 288 g/mol. The van der Waals surface area contributed by atoms with E-state index in [2.05, 4.69) is 11.0 Å². The molecule has 1 aromatic rings. The van der Waals surface area contributed by atoms with Crippen LogP contribution in [-0.2, 0) is 11.2 Å². The van der Waals surface area contributed by atoms with Gasteiger partial charge in [0.1, 0.15) is 0 Å². The Morgan fingerprint density at radius 2 is 2.05 bits per heavy atom. The lowest BCUT2D eigenvalue weighted by atomic mass is 10.1. The molecule has 4 heteroatoms. The molecular weight excluding hydrogens is 264 g/mol. The lowest BCUT2D eigenvalue weighted by molar-refractivity contribution is -0.130. The van der Waals surface area contributed by atoms with Crippen molar-refractivity contribution in [3.63, 3.8) is 0 Å². The van der Waals surface area contributed by atoms with Gasteiger partial charge in [-0.3, -0.25) is 9.69 Å². The summed E-state index contributed by atoms with van der Waals surface area (Å²) >= 11 is 0. The van der Waals surface area contributed by atoms with E-state index in [9.17, 15) is 9.90 Å². The molecular formula is C17H24N2O2. The van der Waals surface area contributed by atoms with Crippen LogP contribution in [0.3, 0.4) is 0 Å². The number of amides is 1. The SMILES string of the molecule is CCC(=O)N1CCCN(C2Cc3ccccc3C2O)CC1. The third kappa shape index (κ3) is 2.83. The van der Waals surface area contributed by atoms with Gasteiger partial charge >= 0.3 is 0 Å². The lowest BCUT2D eigenvalue weighted by Crippen LogP contribution is -2.41. The van der Waals surface area contributed by atoms with Crippen LogP contribution in [0.2, 0.25) is 0 Å². The van der Waals surface area contributed by atoms with E-state index in [1.165, 1.54) is 5.56 Å². The number of aliphatic hydroxyl groups excluding tert-OH is 1.